The Kier molecular flexibility index (Phi) is 6.00. The molecule has 0 bridgehead atoms. The van der Waals surface area contributed by atoms with Crippen molar-refractivity contribution in [3.63, 3.8) is 0 Å². The summed E-state index contributed by atoms with van der Waals surface area (Å²) in [5.74, 6) is 0. The van der Waals surface area contributed by atoms with Crippen LogP contribution in [0.15, 0.2) is 82.6 Å². The maximum Gasteiger partial charge on any atom is 0.273 e. The number of nitro groups is 1. The van der Waals surface area contributed by atoms with E-state index in [0.29, 0.717) is 11.3 Å². The second kappa shape index (κ2) is 8.36. The maximum absolute atomic E-state index is 13.0. The van der Waals surface area contributed by atoms with Crippen LogP contribution in [0, 0.1) is 17.0 Å². The molecule has 9 nitrogen and oxygen atoms in total. The highest BCUT2D eigenvalue weighted by atomic mass is 32.2. The van der Waals surface area contributed by atoms with Crippen molar-refractivity contribution in [1.82, 2.24) is 0 Å². The molecule has 0 radical (unpaired) electrons. The number of nitrogens with zero attached hydrogens (tertiary/aromatic N) is 2. The van der Waals surface area contributed by atoms with E-state index in [-0.39, 0.29) is 21.2 Å². The Labute approximate surface area is 180 Å². The Hall–Kier alpha value is -3.44. The average molecular weight is 462 g/mol. The molecule has 0 heterocycles. The molecule has 0 saturated carbocycles. The van der Waals surface area contributed by atoms with Gasteiger partial charge in [0.2, 0.25) is 0 Å². The molecule has 3 aromatic rings. The molecule has 0 aliphatic heterocycles. The topological polar surface area (TPSA) is 127 Å². The van der Waals surface area contributed by atoms with Gasteiger partial charge in [-0.1, -0.05) is 30.3 Å². The molecule has 31 heavy (non-hydrogen) atoms. The predicted octanol–water partition coefficient (Wildman–Crippen LogP) is 3.53. The van der Waals surface area contributed by atoms with Crippen molar-refractivity contribution in [3.8, 4) is 0 Å². The molecule has 0 atom stereocenters. The van der Waals surface area contributed by atoms with Crippen LogP contribution in [0.5, 0.6) is 0 Å². The minimum Gasteiger partial charge on any atom is -0.280 e. The van der Waals surface area contributed by atoms with Crippen LogP contribution in [-0.4, -0.2) is 28.8 Å². The molecule has 162 valence electrons. The number of benzene rings is 3. The highest BCUT2D eigenvalue weighted by molar-refractivity contribution is 7.93. The largest absolute Gasteiger partial charge is 0.280 e. The van der Waals surface area contributed by atoms with Gasteiger partial charge in [0.25, 0.3) is 25.7 Å². The number of anilines is 2. The summed E-state index contributed by atoms with van der Waals surface area (Å²) in [5, 5.41) is 11.1. The minimum absolute atomic E-state index is 0.00534. The summed E-state index contributed by atoms with van der Waals surface area (Å²) < 4.78 is 54.7. The normalized spacial score (nSPS) is 11.7. The summed E-state index contributed by atoms with van der Waals surface area (Å²) in [7, 11) is -6.74. The molecule has 0 spiro atoms. The van der Waals surface area contributed by atoms with Crippen molar-refractivity contribution >= 4 is 37.1 Å². The molecule has 0 saturated heterocycles. The molecule has 0 aliphatic carbocycles. The first kappa shape index (κ1) is 22.2. The van der Waals surface area contributed by atoms with E-state index >= 15 is 0 Å². The number of nitrogens with one attached hydrogen (secondary N) is 1. The van der Waals surface area contributed by atoms with Gasteiger partial charge in [0.1, 0.15) is 0 Å². The van der Waals surface area contributed by atoms with Crippen molar-refractivity contribution in [2.45, 2.75) is 16.7 Å². The van der Waals surface area contributed by atoms with Crippen molar-refractivity contribution in [3.05, 3.63) is 88.5 Å². The fourth-order valence-electron chi connectivity index (χ4n) is 2.82. The van der Waals surface area contributed by atoms with Crippen LogP contribution < -0.4 is 9.03 Å². The van der Waals surface area contributed by atoms with Crippen LogP contribution in [-0.2, 0) is 20.0 Å². The molecular formula is C20H19N3O6S2. The quantitative estimate of drug-likeness (QED) is 0.424. The van der Waals surface area contributed by atoms with E-state index in [1.165, 1.54) is 50.4 Å². The van der Waals surface area contributed by atoms with Gasteiger partial charge in [0.15, 0.2) is 0 Å². The van der Waals surface area contributed by atoms with E-state index in [9.17, 15) is 26.9 Å². The third-order valence-electron chi connectivity index (χ3n) is 4.55. The zero-order valence-electron chi connectivity index (χ0n) is 16.6. The minimum atomic E-state index is -4.18. The van der Waals surface area contributed by atoms with E-state index < -0.39 is 25.0 Å². The van der Waals surface area contributed by atoms with Crippen molar-refractivity contribution < 1.29 is 21.8 Å². The van der Waals surface area contributed by atoms with Crippen LogP contribution in [0.1, 0.15) is 5.56 Å². The highest BCUT2D eigenvalue weighted by Crippen LogP contribution is 2.26. The molecule has 1 N–H and O–H groups in total. The molecule has 0 unspecified atom stereocenters. The number of para-hydroxylation sites is 1. The SMILES string of the molecule is Cc1ccc(S(=O)(=O)Nc2cccc(S(=O)(=O)N(C)c3ccccc3)c2)cc1[N+](=O)[O-]. The highest BCUT2D eigenvalue weighted by Gasteiger charge is 2.23. The van der Waals surface area contributed by atoms with Gasteiger partial charge >= 0.3 is 0 Å². The number of hydrogen-bond donors (Lipinski definition) is 1. The molecule has 0 amide bonds. The Morgan fingerprint density at radius 3 is 2.19 bits per heavy atom. The summed E-state index contributed by atoms with van der Waals surface area (Å²) in [6.45, 7) is 1.50. The number of rotatable bonds is 7. The summed E-state index contributed by atoms with van der Waals surface area (Å²) >= 11 is 0. The Balaban J connectivity index is 1.93. The zero-order valence-corrected chi connectivity index (χ0v) is 18.2. The molecule has 3 aromatic carbocycles. The molecule has 11 heteroatoms. The van der Waals surface area contributed by atoms with Gasteiger partial charge in [-0.2, -0.15) is 0 Å². The van der Waals surface area contributed by atoms with E-state index in [1.54, 1.807) is 30.3 Å². The smallest absolute Gasteiger partial charge is 0.273 e. The van der Waals surface area contributed by atoms with Crippen molar-refractivity contribution in [2.24, 2.45) is 0 Å². The summed E-state index contributed by atoms with van der Waals surface area (Å²) in [5.41, 5.74) is 0.441. The number of hydrogen-bond acceptors (Lipinski definition) is 6. The first-order chi connectivity index (χ1) is 14.5. The Morgan fingerprint density at radius 2 is 1.55 bits per heavy atom. The van der Waals surface area contributed by atoms with Crippen LogP contribution >= 0.6 is 0 Å². The average Bonchev–Trinajstić information content (AvgIpc) is 2.73. The lowest BCUT2D eigenvalue weighted by molar-refractivity contribution is -0.385. The van der Waals surface area contributed by atoms with E-state index in [4.69, 9.17) is 0 Å². The number of nitro benzene ring substituents is 1. The lowest BCUT2D eigenvalue weighted by Gasteiger charge is -2.20. The van der Waals surface area contributed by atoms with Crippen LogP contribution in [0.3, 0.4) is 0 Å². The molecular weight excluding hydrogens is 442 g/mol. The van der Waals surface area contributed by atoms with Gasteiger partial charge in [-0.3, -0.25) is 19.1 Å². The third-order valence-corrected chi connectivity index (χ3v) is 7.71. The van der Waals surface area contributed by atoms with Gasteiger partial charge in [-0.05, 0) is 43.3 Å². The Morgan fingerprint density at radius 1 is 0.871 bits per heavy atom. The summed E-state index contributed by atoms with van der Waals surface area (Å²) in [6.07, 6.45) is 0. The van der Waals surface area contributed by atoms with Crippen molar-refractivity contribution in [2.75, 3.05) is 16.1 Å². The number of sulfonamides is 2. The Bertz CT molecular complexity index is 1340. The fourth-order valence-corrected chi connectivity index (χ4v) is 5.13. The molecule has 0 aromatic heterocycles. The van der Waals surface area contributed by atoms with Crippen LogP contribution in [0.2, 0.25) is 0 Å². The van der Waals surface area contributed by atoms with Gasteiger partial charge in [0.05, 0.1) is 26.1 Å². The van der Waals surface area contributed by atoms with Crippen molar-refractivity contribution in [1.29, 1.82) is 0 Å². The molecule has 0 aliphatic rings. The maximum atomic E-state index is 13.0. The van der Waals surface area contributed by atoms with Gasteiger partial charge < -0.3 is 0 Å². The monoisotopic (exact) mass is 461 g/mol. The molecule has 0 fully saturated rings. The van der Waals surface area contributed by atoms with Gasteiger partial charge in [-0.25, -0.2) is 16.8 Å². The van der Waals surface area contributed by atoms with Crippen LogP contribution in [0.25, 0.3) is 0 Å². The lowest BCUT2D eigenvalue weighted by Crippen LogP contribution is -2.26. The molecule has 3 rings (SSSR count). The van der Waals surface area contributed by atoms with Gasteiger partial charge in [0, 0.05) is 18.7 Å². The van der Waals surface area contributed by atoms with E-state index in [1.807, 2.05) is 0 Å². The summed E-state index contributed by atoms with van der Waals surface area (Å²) in [6, 6.07) is 17.3. The first-order valence-corrected chi connectivity index (χ1v) is 11.9. The lowest BCUT2D eigenvalue weighted by atomic mass is 10.2. The van der Waals surface area contributed by atoms with E-state index in [2.05, 4.69) is 4.72 Å². The fraction of sp³-hybridized carbons (Fsp3) is 0.100. The van der Waals surface area contributed by atoms with Gasteiger partial charge in [-0.15, -0.1) is 0 Å². The predicted molar refractivity (Wildman–Crippen MR) is 117 cm³/mol. The third kappa shape index (κ3) is 4.67. The number of aryl methyl sites for hydroxylation is 1. The second-order valence-corrected chi connectivity index (χ2v) is 10.3. The summed E-state index contributed by atoms with van der Waals surface area (Å²) in [4.78, 5) is 10.0. The zero-order chi connectivity index (χ0) is 22.8. The first-order valence-electron chi connectivity index (χ1n) is 8.94. The standard InChI is InChI=1S/C20H19N3O6S2/c1-15-11-12-18(14-20(15)23(24)25)30(26,27)21-16-7-6-10-19(13-16)31(28,29)22(2)17-8-4-3-5-9-17/h3-14,21H,1-2H3. The van der Waals surface area contributed by atoms with E-state index in [0.717, 1.165) is 10.4 Å². The second-order valence-electron chi connectivity index (χ2n) is 6.65. The van der Waals surface area contributed by atoms with Crippen LogP contribution in [0.4, 0.5) is 17.1 Å².